The summed E-state index contributed by atoms with van der Waals surface area (Å²) in [5.74, 6) is 0.910. The number of aliphatic hydroxyl groups is 1. The Hall–Kier alpha value is -1.06. The molecule has 1 heterocycles. The van der Waals surface area contributed by atoms with Gasteiger partial charge in [-0.05, 0) is 44.4 Å². The van der Waals surface area contributed by atoms with E-state index in [1.807, 2.05) is 32.0 Å². The Kier molecular flexibility index (Phi) is 4.61. The third-order valence-corrected chi connectivity index (χ3v) is 3.62. The maximum Gasteiger partial charge on any atom is 0.125 e. The van der Waals surface area contributed by atoms with Crippen LogP contribution in [0.1, 0.15) is 30.4 Å². The molecule has 1 fully saturated rings. The van der Waals surface area contributed by atoms with Crippen LogP contribution < -0.4 is 10.1 Å². The molecule has 3 heteroatoms. The molecule has 1 aromatic rings. The first-order valence-corrected chi connectivity index (χ1v) is 6.79. The Bertz CT molecular complexity index is 366. The molecule has 0 radical (unpaired) electrons. The first-order chi connectivity index (χ1) is 8.68. The molecule has 2 unspecified atom stereocenters. The molecule has 1 aliphatic heterocycles. The second kappa shape index (κ2) is 6.21. The molecule has 2 N–H and O–H groups in total. The third-order valence-electron chi connectivity index (χ3n) is 3.62. The number of ether oxygens (including phenoxy) is 1. The van der Waals surface area contributed by atoms with E-state index in [1.54, 1.807) is 0 Å². The average Bonchev–Trinajstić information content (AvgIpc) is 2.39. The lowest BCUT2D eigenvalue weighted by Gasteiger charge is -2.28. The van der Waals surface area contributed by atoms with Gasteiger partial charge in [0.05, 0.1) is 0 Å². The molecule has 1 aromatic carbocycles. The van der Waals surface area contributed by atoms with Crippen molar-refractivity contribution < 1.29 is 9.84 Å². The summed E-state index contributed by atoms with van der Waals surface area (Å²) in [6, 6.07) is 6.28. The standard InChI is InChI=1S/C15H23NO2/c1-11-6-5-7-12(2)15(11)18-10-14(17)13-8-3-4-9-16-13/h5-7,13-14,16-17H,3-4,8-10H2,1-2H3. The van der Waals surface area contributed by atoms with E-state index in [-0.39, 0.29) is 6.04 Å². The number of aliphatic hydroxyl groups excluding tert-OH is 1. The van der Waals surface area contributed by atoms with Gasteiger partial charge in [-0.15, -0.1) is 0 Å². The summed E-state index contributed by atoms with van der Waals surface area (Å²) >= 11 is 0. The van der Waals surface area contributed by atoms with Crippen molar-refractivity contribution in [1.29, 1.82) is 0 Å². The van der Waals surface area contributed by atoms with E-state index in [1.165, 1.54) is 12.8 Å². The fourth-order valence-corrected chi connectivity index (χ4v) is 2.52. The summed E-state index contributed by atoms with van der Waals surface area (Å²) in [4.78, 5) is 0. The second-order valence-electron chi connectivity index (χ2n) is 5.16. The number of aryl methyl sites for hydroxylation is 2. The molecular weight excluding hydrogens is 226 g/mol. The van der Waals surface area contributed by atoms with E-state index in [0.29, 0.717) is 6.61 Å². The topological polar surface area (TPSA) is 41.5 Å². The van der Waals surface area contributed by atoms with Gasteiger partial charge in [0, 0.05) is 6.04 Å². The van der Waals surface area contributed by atoms with Gasteiger partial charge in [-0.2, -0.15) is 0 Å². The SMILES string of the molecule is Cc1cccc(C)c1OCC(O)C1CCCCN1. The molecule has 18 heavy (non-hydrogen) atoms. The van der Waals surface area contributed by atoms with E-state index < -0.39 is 6.10 Å². The van der Waals surface area contributed by atoms with Crippen molar-refractivity contribution in [3.05, 3.63) is 29.3 Å². The Balaban J connectivity index is 1.90. The number of rotatable bonds is 4. The molecule has 1 aliphatic rings. The summed E-state index contributed by atoms with van der Waals surface area (Å²) in [6.07, 6.45) is 3.01. The normalized spacial score (nSPS) is 21.6. The van der Waals surface area contributed by atoms with Gasteiger partial charge in [-0.25, -0.2) is 0 Å². The van der Waals surface area contributed by atoms with Gasteiger partial charge in [0.2, 0.25) is 0 Å². The minimum Gasteiger partial charge on any atom is -0.490 e. The van der Waals surface area contributed by atoms with Crippen LogP contribution in [0.25, 0.3) is 0 Å². The number of benzene rings is 1. The summed E-state index contributed by atoms with van der Waals surface area (Å²) in [6.45, 7) is 5.44. The van der Waals surface area contributed by atoms with Gasteiger partial charge in [-0.3, -0.25) is 0 Å². The predicted molar refractivity (Wildman–Crippen MR) is 73.1 cm³/mol. The van der Waals surface area contributed by atoms with Crippen LogP contribution in [0.3, 0.4) is 0 Å². The number of para-hydroxylation sites is 1. The number of piperidine rings is 1. The highest BCUT2D eigenvalue weighted by Gasteiger charge is 2.21. The Morgan fingerprint density at radius 2 is 2.06 bits per heavy atom. The van der Waals surface area contributed by atoms with E-state index in [2.05, 4.69) is 5.32 Å². The van der Waals surface area contributed by atoms with Crippen LogP contribution in [0.2, 0.25) is 0 Å². The summed E-state index contributed by atoms with van der Waals surface area (Å²) < 4.78 is 5.79. The molecule has 100 valence electrons. The zero-order valence-electron chi connectivity index (χ0n) is 11.3. The first-order valence-electron chi connectivity index (χ1n) is 6.79. The monoisotopic (exact) mass is 249 g/mol. The van der Waals surface area contributed by atoms with E-state index in [9.17, 15) is 5.11 Å². The largest absolute Gasteiger partial charge is 0.490 e. The van der Waals surface area contributed by atoms with Crippen molar-refractivity contribution in [2.45, 2.75) is 45.3 Å². The second-order valence-corrected chi connectivity index (χ2v) is 5.16. The van der Waals surface area contributed by atoms with Crippen molar-refractivity contribution in [1.82, 2.24) is 5.32 Å². The lowest BCUT2D eigenvalue weighted by Crippen LogP contribution is -2.45. The zero-order chi connectivity index (χ0) is 13.0. The van der Waals surface area contributed by atoms with E-state index in [4.69, 9.17) is 4.74 Å². The van der Waals surface area contributed by atoms with Crippen molar-refractivity contribution >= 4 is 0 Å². The van der Waals surface area contributed by atoms with Crippen LogP contribution in [0.5, 0.6) is 5.75 Å². The van der Waals surface area contributed by atoms with Crippen LogP contribution in [0.4, 0.5) is 0 Å². The van der Waals surface area contributed by atoms with Crippen LogP contribution >= 0.6 is 0 Å². The Morgan fingerprint density at radius 3 is 2.67 bits per heavy atom. The maximum absolute atomic E-state index is 10.1. The molecule has 2 atom stereocenters. The van der Waals surface area contributed by atoms with E-state index in [0.717, 1.165) is 29.8 Å². The van der Waals surface area contributed by atoms with Gasteiger partial charge in [0.1, 0.15) is 18.5 Å². The minimum atomic E-state index is -0.427. The lowest BCUT2D eigenvalue weighted by atomic mass is 10.0. The zero-order valence-corrected chi connectivity index (χ0v) is 11.3. The van der Waals surface area contributed by atoms with Gasteiger partial charge in [-0.1, -0.05) is 24.6 Å². The molecule has 0 spiro atoms. The molecule has 0 aromatic heterocycles. The van der Waals surface area contributed by atoms with Crippen LogP contribution in [-0.2, 0) is 0 Å². The summed E-state index contributed by atoms with van der Waals surface area (Å²) in [7, 11) is 0. The smallest absolute Gasteiger partial charge is 0.125 e. The quantitative estimate of drug-likeness (QED) is 0.859. The summed E-state index contributed by atoms with van der Waals surface area (Å²) in [5.41, 5.74) is 2.25. The lowest BCUT2D eigenvalue weighted by molar-refractivity contribution is 0.0634. The Morgan fingerprint density at radius 1 is 1.33 bits per heavy atom. The number of hydrogen-bond donors (Lipinski definition) is 2. The van der Waals surface area contributed by atoms with Crippen LogP contribution in [-0.4, -0.2) is 30.4 Å². The molecule has 1 saturated heterocycles. The Labute approximate surface area is 109 Å². The highest BCUT2D eigenvalue weighted by atomic mass is 16.5. The predicted octanol–water partition coefficient (Wildman–Crippen LogP) is 2.19. The number of hydrogen-bond acceptors (Lipinski definition) is 3. The fourth-order valence-electron chi connectivity index (χ4n) is 2.52. The molecule has 2 rings (SSSR count). The minimum absolute atomic E-state index is 0.183. The first kappa shape index (κ1) is 13.4. The van der Waals surface area contributed by atoms with Crippen molar-refractivity contribution in [3.8, 4) is 5.75 Å². The van der Waals surface area contributed by atoms with Crippen molar-refractivity contribution in [3.63, 3.8) is 0 Å². The molecule has 0 bridgehead atoms. The van der Waals surface area contributed by atoms with Crippen LogP contribution in [0, 0.1) is 13.8 Å². The van der Waals surface area contributed by atoms with Gasteiger partial charge < -0.3 is 15.2 Å². The van der Waals surface area contributed by atoms with Gasteiger partial charge in [0.25, 0.3) is 0 Å². The molecular formula is C15H23NO2. The highest BCUT2D eigenvalue weighted by molar-refractivity contribution is 5.39. The van der Waals surface area contributed by atoms with Crippen molar-refractivity contribution in [2.75, 3.05) is 13.2 Å². The highest BCUT2D eigenvalue weighted by Crippen LogP contribution is 2.23. The molecule has 3 nitrogen and oxygen atoms in total. The average molecular weight is 249 g/mol. The molecule has 0 aliphatic carbocycles. The number of nitrogens with one attached hydrogen (secondary N) is 1. The molecule has 0 saturated carbocycles. The van der Waals surface area contributed by atoms with E-state index >= 15 is 0 Å². The van der Waals surface area contributed by atoms with Gasteiger partial charge in [0.15, 0.2) is 0 Å². The van der Waals surface area contributed by atoms with Crippen molar-refractivity contribution in [2.24, 2.45) is 0 Å². The maximum atomic E-state index is 10.1. The summed E-state index contributed by atoms with van der Waals surface area (Å²) in [5, 5.41) is 13.5. The molecule has 0 amide bonds. The fraction of sp³-hybridized carbons (Fsp3) is 0.600. The third kappa shape index (κ3) is 3.24. The van der Waals surface area contributed by atoms with Gasteiger partial charge >= 0.3 is 0 Å². The van der Waals surface area contributed by atoms with Crippen LogP contribution in [0.15, 0.2) is 18.2 Å².